The summed E-state index contributed by atoms with van der Waals surface area (Å²) in [6, 6.07) is 20.7. The second-order valence-electron chi connectivity index (χ2n) is 10.6. The molecule has 4 amide bonds. The van der Waals surface area contributed by atoms with Gasteiger partial charge in [-0.2, -0.15) is 0 Å². The average Bonchev–Trinajstić information content (AvgIpc) is 3.45. The van der Waals surface area contributed by atoms with Gasteiger partial charge in [-0.1, -0.05) is 36.4 Å². The number of ether oxygens (including phenoxy) is 1. The maximum Gasteiger partial charge on any atom is 0.341 e. The molecule has 2 heterocycles. The van der Waals surface area contributed by atoms with Gasteiger partial charge in [0.25, 0.3) is 11.8 Å². The van der Waals surface area contributed by atoms with E-state index in [-0.39, 0.29) is 23.3 Å². The molecule has 3 aromatic carbocycles. The van der Waals surface area contributed by atoms with Gasteiger partial charge in [-0.3, -0.25) is 19.2 Å². The summed E-state index contributed by atoms with van der Waals surface area (Å²) in [5.41, 5.74) is 2.31. The van der Waals surface area contributed by atoms with Crippen molar-refractivity contribution in [1.29, 1.82) is 0 Å². The van der Waals surface area contributed by atoms with Gasteiger partial charge < -0.3 is 25.6 Å². The number of thioether (sulfide) groups is 1. The number of hydrogen-bond acceptors (Lipinski definition) is 8. The van der Waals surface area contributed by atoms with Crippen LogP contribution in [0.4, 0.5) is 15.1 Å². The molecule has 13 heteroatoms. The molecule has 0 unspecified atom stereocenters. The highest BCUT2D eigenvalue weighted by Gasteiger charge is 2.30. The maximum absolute atomic E-state index is 13.5. The summed E-state index contributed by atoms with van der Waals surface area (Å²) in [4.78, 5) is 67.0. The Morgan fingerprint density at radius 1 is 0.979 bits per heavy atom. The SMILES string of the molecule is COC(=O)c1c(NC(=O)CSc2cccc(NC(=O)/C(=C/c3ccc(F)cc3)NC(=O)c3ccccc3)c2)sc2c1CCN(C(C)=O)C2. The van der Waals surface area contributed by atoms with Crippen molar-refractivity contribution in [3.8, 4) is 0 Å². The van der Waals surface area contributed by atoms with E-state index in [1.807, 2.05) is 0 Å². The maximum atomic E-state index is 13.5. The summed E-state index contributed by atoms with van der Waals surface area (Å²) in [6.45, 7) is 2.33. The van der Waals surface area contributed by atoms with Crippen LogP contribution < -0.4 is 16.0 Å². The summed E-state index contributed by atoms with van der Waals surface area (Å²) >= 11 is 2.48. The number of hydrogen-bond donors (Lipinski definition) is 3. The number of rotatable bonds is 10. The molecule has 0 atom stereocenters. The third kappa shape index (κ3) is 8.55. The zero-order valence-corrected chi connectivity index (χ0v) is 27.6. The quantitative estimate of drug-likeness (QED) is 0.110. The number of thiophene rings is 1. The van der Waals surface area contributed by atoms with E-state index in [4.69, 9.17) is 4.74 Å². The summed E-state index contributed by atoms with van der Waals surface area (Å²) in [5, 5.41) is 8.63. The fourth-order valence-electron chi connectivity index (χ4n) is 4.92. The van der Waals surface area contributed by atoms with Gasteiger partial charge in [0.15, 0.2) is 0 Å². The number of carbonyl (C=O) groups excluding carboxylic acids is 5. The van der Waals surface area contributed by atoms with Crippen LogP contribution in [-0.2, 0) is 32.1 Å². The third-order valence-corrected chi connectivity index (χ3v) is 9.44. The first-order valence-corrected chi connectivity index (χ1v) is 16.6. The van der Waals surface area contributed by atoms with Crippen molar-refractivity contribution < 1.29 is 33.1 Å². The van der Waals surface area contributed by atoms with E-state index in [0.29, 0.717) is 51.8 Å². The number of halogens is 1. The number of benzene rings is 3. The first-order valence-electron chi connectivity index (χ1n) is 14.8. The van der Waals surface area contributed by atoms with Gasteiger partial charge in [0.1, 0.15) is 16.5 Å². The number of fused-ring (bicyclic) bond motifs is 1. The number of methoxy groups -OCH3 is 1. The first kappa shape index (κ1) is 34.1. The molecule has 5 rings (SSSR count). The lowest BCUT2D eigenvalue weighted by atomic mass is 10.0. The van der Waals surface area contributed by atoms with E-state index in [1.165, 1.54) is 67.5 Å². The van der Waals surface area contributed by atoms with E-state index in [0.717, 1.165) is 10.4 Å². The fraction of sp³-hybridized carbons (Fsp3) is 0.171. The predicted octanol–water partition coefficient (Wildman–Crippen LogP) is 5.72. The van der Waals surface area contributed by atoms with Crippen molar-refractivity contribution in [2.45, 2.75) is 24.8 Å². The second kappa shape index (κ2) is 15.5. The summed E-state index contributed by atoms with van der Waals surface area (Å²) in [6.07, 6.45) is 1.93. The normalized spacial score (nSPS) is 12.5. The van der Waals surface area contributed by atoms with Gasteiger partial charge in [-0.25, -0.2) is 9.18 Å². The minimum absolute atomic E-state index is 0.00298. The Morgan fingerprint density at radius 2 is 1.73 bits per heavy atom. The van der Waals surface area contributed by atoms with E-state index in [2.05, 4.69) is 16.0 Å². The number of carbonyl (C=O) groups is 5. The Bertz CT molecular complexity index is 1890. The van der Waals surface area contributed by atoms with E-state index < -0.39 is 23.6 Å². The molecule has 0 saturated heterocycles. The molecule has 246 valence electrons. The molecule has 48 heavy (non-hydrogen) atoms. The van der Waals surface area contributed by atoms with E-state index >= 15 is 0 Å². The largest absolute Gasteiger partial charge is 0.465 e. The molecule has 1 aliphatic rings. The monoisotopic (exact) mass is 686 g/mol. The molecule has 3 N–H and O–H groups in total. The highest BCUT2D eigenvalue weighted by atomic mass is 32.2. The molecular formula is C35H31FN4O6S2. The summed E-state index contributed by atoms with van der Waals surface area (Å²) in [5.74, 6) is -2.50. The molecule has 0 aliphatic carbocycles. The zero-order chi connectivity index (χ0) is 34.2. The minimum Gasteiger partial charge on any atom is -0.465 e. The van der Waals surface area contributed by atoms with Crippen LogP contribution in [0.2, 0.25) is 0 Å². The molecule has 10 nitrogen and oxygen atoms in total. The Labute approximate surface area is 284 Å². The fourth-order valence-corrected chi connectivity index (χ4v) is 6.94. The van der Waals surface area contributed by atoms with Crippen LogP contribution in [-0.4, -0.2) is 53.9 Å². The van der Waals surface area contributed by atoms with Gasteiger partial charge >= 0.3 is 5.97 Å². The standard InChI is InChI=1S/C35H31FN4O6S2/c1-21(41)40-16-15-27-29(19-40)48-34(31(27)35(45)46-2)39-30(42)20-47-26-10-6-9-25(18-26)37-33(44)28(17-22-11-13-24(36)14-12-22)38-32(43)23-7-4-3-5-8-23/h3-14,17-18H,15-16,19-20H2,1-2H3,(H,37,44)(H,38,43)(H,39,42)/b28-17-. The molecular weight excluding hydrogens is 656 g/mol. The summed E-state index contributed by atoms with van der Waals surface area (Å²) < 4.78 is 18.5. The molecule has 1 aliphatic heterocycles. The zero-order valence-electron chi connectivity index (χ0n) is 26.0. The smallest absolute Gasteiger partial charge is 0.341 e. The lowest BCUT2D eigenvalue weighted by Crippen LogP contribution is -2.33. The van der Waals surface area contributed by atoms with Crippen LogP contribution in [0.5, 0.6) is 0 Å². The highest BCUT2D eigenvalue weighted by Crippen LogP contribution is 2.38. The first-order chi connectivity index (χ1) is 23.1. The molecule has 0 saturated carbocycles. The Hall–Kier alpha value is -5.27. The molecule has 4 aromatic rings. The van der Waals surface area contributed by atoms with Crippen LogP contribution in [0.15, 0.2) is 89.5 Å². The number of amides is 4. The van der Waals surface area contributed by atoms with Crippen LogP contribution in [0.3, 0.4) is 0 Å². The average molecular weight is 687 g/mol. The van der Waals surface area contributed by atoms with Crippen molar-refractivity contribution in [2.24, 2.45) is 0 Å². The lowest BCUT2D eigenvalue weighted by molar-refractivity contribution is -0.129. The molecule has 0 radical (unpaired) electrons. The Morgan fingerprint density at radius 3 is 2.44 bits per heavy atom. The van der Waals surface area contributed by atoms with Gasteiger partial charge in [0.05, 0.1) is 25.0 Å². The van der Waals surface area contributed by atoms with Crippen LogP contribution in [0.25, 0.3) is 6.08 Å². The molecule has 0 bridgehead atoms. The van der Waals surface area contributed by atoms with Crippen molar-refractivity contribution in [2.75, 3.05) is 30.0 Å². The van der Waals surface area contributed by atoms with Crippen molar-refractivity contribution in [3.05, 3.63) is 118 Å². The number of anilines is 2. The van der Waals surface area contributed by atoms with E-state index in [1.54, 1.807) is 59.5 Å². The highest BCUT2D eigenvalue weighted by molar-refractivity contribution is 8.00. The lowest BCUT2D eigenvalue weighted by Gasteiger charge is -2.25. The second-order valence-corrected chi connectivity index (χ2v) is 12.8. The van der Waals surface area contributed by atoms with Gasteiger partial charge in [-0.05, 0) is 66.1 Å². The molecule has 1 aromatic heterocycles. The number of nitrogens with zero attached hydrogens (tertiary/aromatic N) is 1. The van der Waals surface area contributed by atoms with Crippen LogP contribution in [0, 0.1) is 5.82 Å². The van der Waals surface area contributed by atoms with Crippen LogP contribution in [0.1, 0.15) is 43.6 Å². The predicted molar refractivity (Wildman–Crippen MR) is 183 cm³/mol. The number of esters is 1. The minimum atomic E-state index is -0.608. The van der Waals surface area contributed by atoms with E-state index in [9.17, 15) is 28.4 Å². The van der Waals surface area contributed by atoms with Gasteiger partial charge in [0, 0.05) is 34.5 Å². The van der Waals surface area contributed by atoms with Crippen LogP contribution >= 0.6 is 23.1 Å². The Balaban J connectivity index is 1.26. The van der Waals surface area contributed by atoms with Crippen molar-refractivity contribution >= 4 is 69.5 Å². The van der Waals surface area contributed by atoms with Gasteiger partial charge in [-0.15, -0.1) is 23.1 Å². The topological polar surface area (TPSA) is 134 Å². The number of nitrogens with one attached hydrogen (secondary N) is 3. The third-order valence-electron chi connectivity index (χ3n) is 7.32. The van der Waals surface area contributed by atoms with Gasteiger partial charge in [0.2, 0.25) is 11.8 Å². The Kier molecular flexibility index (Phi) is 11.0. The van der Waals surface area contributed by atoms with Crippen molar-refractivity contribution in [3.63, 3.8) is 0 Å². The molecule has 0 spiro atoms. The van der Waals surface area contributed by atoms with Crippen molar-refractivity contribution in [1.82, 2.24) is 10.2 Å². The summed E-state index contributed by atoms with van der Waals surface area (Å²) in [7, 11) is 1.28. The molecule has 0 fully saturated rings.